The summed E-state index contributed by atoms with van der Waals surface area (Å²) >= 11 is 5.71. The molecule has 0 atom stereocenters. The molecule has 1 aromatic carbocycles. The maximum atomic E-state index is 11.8. The Kier molecular flexibility index (Phi) is 6.41. The zero-order valence-corrected chi connectivity index (χ0v) is 12.3. The van der Waals surface area contributed by atoms with Crippen molar-refractivity contribution in [3.05, 3.63) is 33.3 Å². The van der Waals surface area contributed by atoms with Gasteiger partial charge in [-0.1, -0.05) is 24.9 Å². The van der Waals surface area contributed by atoms with Crippen molar-refractivity contribution in [1.82, 2.24) is 4.90 Å². The first kappa shape index (κ1) is 16.4. The number of amides is 1. The van der Waals surface area contributed by atoms with E-state index in [1.807, 2.05) is 11.9 Å². The fourth-order valence-electron chi connectivity index (χ4n) is 1.68. The van der Waals surface area contributed by atoms with Crippen LogP contribution in [0, 0.1) is 10.1 Å². The Morgan fingerprint density at radius 1 is 1.50 bits per heavy atom. The van der Waals surface area contributed by atoms with Gasteiger partial charge in [0.15, 0.2) is 0 Å². The number of benzene rings is 1. The summed E-state index contributed by atoms with van der Waals surface area (Å²) in [5.41, 5.74) is 0.152. The maximum Gasteiger partial charge on any atom is 0.289 e. The summed E-state index contributed by atoms with van der Waals surface area (Å²) in [6.07, 6.45) is 2.09. The Morgan fingerprint density at radius 2 is 2.20 bits per heavy atom. The Morgan fingerprint density at radius 3 is 2.80 bits per heavy atom. The molecule has 0 aliphatic rings. The topological polar surface area (TPSA) is 75.5 Å². The van der Waals surface area contributed by atoms with E-state index in [4.69, 9.17) is 11.6 Å². The number of rotatable bonds is 7. The molecule has 0 radical (unpaired) electrons. The van der Waals surface area contributed by atoms with Crippen molar-refractivity contribution in [3.8, 4) is 0 Å². The van der Waals surface area contributed by atoms with Gasteiger partial charge in [-0.25, -0.2) is 0 Å². The molecule has 110 valence electrons. The van der Waals surface area contributed by atoms with Gasteiger partial charge in [-0.15, -0.1) is 0 Å². The number of nitro benzene ring substituents is 1. The van der Waals surface area contributed by atoms with Crippen LogP contribution in [0.4, 0.5) is 11.4 Å². The predicted octanol–water partition coefficient (Wildman–Crippen LogP) is 2.92. The zero-order chi connectivity index (χ0) is 15.1. The molecule has 6 nitrogen and oxygen atoms in total. The van der Waals surface area contributed by atoms with E-state index in [1.54, 1.807) is 6.07 Å². The SMILES string of the molecule is CCCCN(C)CC(=O)Nc1ccc(Cl)c([N+](=O)[O-])c1. The van der Waals surface area contributed by atoms with Crippen molar-refractivity contribution >= 4 is 28.9 Å². The fourth-order valence-corrected chi connectivity index (χ4v) is 1.87. The van der Waals surface area contributed by atoms with E-state index in [0.29, 0.717) is 5.69 Å². The molecule has 7 heteroatoms. The van der Waals surface area contributed by atoms with Gasteiger partial charge in [0, 0.05) is 11.8 Å². The second kappa shape index (κ2) is 7.81. The Bertz CT molecular complexity index is 494. The number of hydrogen-bond acceptors (Lipinski definition) is 4. The van der Waals surface area contributed by atoms with E-state index >= 15 is 0 Å². The smallest absolute Gasteiger partial charge is 0.289 e. The number of carbonyl (C=O) groups is 1. The first-order valence-corrected chi connectivity index (χ1v) is 6.74. The van der Waals surface area contributed by atoms with E-state index in [1.165, 1.54) is 12.1 Å². The second-order valence-corrected chi connectivity index (χ2v) is 4.97. The van der Waals surface area contributed by atoms with Gasteiger partial charge in [-0.05, 0) is 32.1 Å². The molecule has 1 rings (SSSR count). The molecular formula is C13H18ClN3O3. The van der Waals surface area contributed by atoms with Gasteiger partial charge in [-0.2, -0.15) is 0 Å². The van der Waals surface area contributed by atoms with Gasteiger partial charge in [0.2, 0.25) is 5.91 Å². The average Bonchev–Trinajstić information content (AvgIpc) is 2.38. The maximum absolute atomic E-state index is 11.8. The van der Waals surface area contributed by atoms with E-state index in [0.717, 1.165) is 19.4 Å². The molecule has 0 saturated heterocycles. The number of unbranched alkanes of at least 4 members (excludes halogenated alkanes) is 1. The molecule has 0 fully saturated rings. The molecule has 0 heterocycles. The predicted molar refractivity (Wildman–Crippen MR) is 79.1 cm³/mol. The summed E-state index contributed by atoms with van der Waals surface area (Å²) in [6, 6.07) is 4.20. The van der Waals surface area contributed by atoms with E-state index < -0.39 is 4.92 Å². The molecule has 20 heavy (non-hydrogen) atoms. The molecule has 0 saturated carbocycles. The quantitative estimate of drug-likeness (QED) is 0.620. The van der Waals surface area contributed by atoms with Crippen LogP contribution in [0.5, 0.6) is 0 Å². The number of halogens is 1. The summed E-state index contributed by atoms with van der Waals surface area (Å²) in [6.45, 7) is 3.17. The number of nitrogens with zero attached hydrogens (tertiary/aromatic N) is 2. The minimum atomic E-state index is -0.578. The lowest BCUT2D eigenvalue weighted by Crippen LogP contribution is -2.30. The number of nitrogens with one attached hydrogen (secondary N) is 1. The lowest BCUT2D eigenvalue weighted by Gasteiger charge is -2.15. The van der Waals surface area contributed by atoms with Gasteiger partial charge in [0.25, 0.3) is 5.69 Å². The number of likely N-dealkylation sites (N-methyl/N-ethyl adjacent to an activating group) is 1. The molecule has 0 aliphatic carbocycles. The molecule has 1 N–H and O–H groups in total. The van der Waals surface area contributed by atoms with E-state index in [9.17, 15) is 14.9 Å². The Labute approximate surface area is 122 Å². The van der Waals surface area contributed by atoms with Crippen molar-refractivity contribution in [3.63, 3.8) is 0 Å². The second-order valence-electron chi connectivity index (χ2n) is 4.56. The van der Waals surface area contributed by atoms with E-state index in [2.05, 4.69) is 12.2 Å². The average molecular weight is 300 g/mol. The van der Waals surface area contributed by atoms with Crippen LogP contribution in [0.3, 0.4) is 0 Å². The first-order chi connectivity index (χ1) is 9.43. The lowest BCUT2D eigenvalue weighted by molar-refractivity contribution is -0.384. The summed E-state index contributed by atoms with van der Waals surface area (Å²) in [4.78, 5) is 23.9. The summed E-state index contributed by atoms with van der Waals surface area (Å²) in [7, 11) is 1.86. The summed E-state index contributed by atoms with van der Waals surface area (Å²) in [5.74, 6) is -0.208. The third-order valence-electron chi connectivity index (χ3n) is 2.73. The van der Waals surface area contributed by atoms with Gasteiger partial charge < -0.3 is 5.32 Å². The van der Waals surface area contributed by atoms with Gasteiger partial charge in [0.1, 0.15) is 5.02 Å². The van der Waals surface area contributed by atoms with Gasteiger partial charge in [0.05, 0.1) is 11.5 Å². The third-order valence-corrected chi connectivity index (χ3v) is 3.05. The Balaban J connectivity index is 2.62. The highest BCUT2D eigenvalue weighted by molar-refractivity contribution is 6.32. The standard InChI is InChI=1S/C13H18ClN3O3/c1-3-4-7-16(2)9-13(18)15-10-5-6-11(14)12(8-10)17(19)20/h5-6,8H,3-4,7,9H2,1-2H3,(H,15,18). The molecule has 0 spiro atoms. The summed E-state index contributed by atoms with van der Waals surface area (Å²) < 4.78 is 0. The summed E-state index contributed by atoms with van der Waals surface area (Å²) in [5, 5.41) is 13.4. The fraction of sp³-hybridized carbons (Fsp3) is 0.462. The highest BCUT2D eigenvalue weighted by atomic mass is 35.5. The van der Waals surface area contributed by atoms with Crippen molar-refractivity contribution < 1.29 is 9.72 Å². The number of nitro groups is 1. The van der Waals surface area contributed by atoms with Gasteiger partial charge in [-0.3, -0.25) is 19.8 Å². The highest BCUT2D eigenvalue weighted by Gasteiger charge is 2.14. The molecule has 0 aliphatic heterocycles. The molecule has 0 bridgehead atoms. The molecule has 1 aromatic rings. The van der Waals surface area contributed by atoms with Crippen LogP contribution in [-0.2, 0) is 4.79 Å². The van der Waals surface area contributed by atoms with Gasteiger partial charge >= 0.3 is 0 Å². The third kappa shape index (κ3) is 5.14. The number of anilines is 1. The molecule has 0 aromatic heterocycles. The van der Waals surface area contributed by atoms with Crippen LogP contribution in [0.25, 0.3) is 0 Å². The largest absolute Gasteiger partial charge is 0.325 e. The monoisotopic (exact) mass is 299 g/mol. The van der Waals surface area contributed by atoms with Crippen LogP contribution in [-0.4, -0.2) is 35.9 Å². The zero-order valence-electron chi connectivity index (χ0n) is 11.6. The number of carbonyl (C=O) groups excluding carboxylic acids is 1. The van der Waals surface area contributed by atoms with Crippen molar-refractivity contribution in [2.75, 3.05) is 25.5 Å². The van der Waals surface area contributed by atoms with Crippen LogP contribution in [0.1, 0.15) is 19.8 Å². The minimum absolute atomic E-state index is 0.0491. The number of hydrogen-bond donors (Lipinski definition) is 1. The van der Waals surface area contributed by atoms with Crippen LogP contribution >= 0.6 is 11.6 Å². The van der Waals surface area contributed by atoms with Crippen LogP contribution in [0.2, 0.25) is 5.02 Å². The Hall–Kier alpha value is -1.66. The van der Waals surface area contributed by atoms with Crippen molar-refractivity contribution in [2.45, 2.75) is 19.8 Å². The van der Waals surface area contributed by atoms with Crippen molar-refractivity contribution in [1.29, 1.82) is 0 Å². The molecule has 0 unspecified atom stereocenters. The first-order valence-electron chi connectivity index (χ1n) is 6.36. The van der Waals surface area contributed by atoms with E-state index in [-0.39, 0.29) is 23.2 Å². The highest BCUT2D eigenvalue weighted by Crippen LogP contribution is 2.27. The normalized spacial score (nSPS) is 10.6. The van der Waals surface area contributed by atoms with Crippen LogP contribution < -0.4 is 5.32 Å². The molecular weight excluding hydrogens is 282 g/mol. The van der Waals surface area contributed by atoms with Crippen LogP contribution in [0.15, 0.2) is 18.2 Å². The molecule has 1 amide bonds. The lowest BCUT2D eigenvalue weighted by atomic mass is 10.2. The van der Waals surface area contributed by atoms with Crippen molar-refractivity contribution in [2.24, 2.45) is 0 Å². The minimum Gasteiger partial charge on any atom is -0.325 e.